The summed E-state index contributed by atoms with van der Waals surface area (Å²) in [6, 6.07) is 5.20. The molecule has 1 saturated heterocycles. The molecule has 4 nitrogen and oxygen atoms in total. The van der Waals surface area contributed by atoms with Crippen LogP contribution in [0.2, 0.25) is 0 Å². The van der Waals surface area contributed by atoms with E-state index in [4.69, 9.17) is 14.6 Å². The van der Waals surface area contributed by atoms with Gasteiger partial charge in [0.05, 0.1) is 12.2 Å². The van der Waals surface area contributed by atoms with E-state index in [0.717, 1.165) is 31.6 Å². The van der Waals surface area contributed by atoms with Crippen molar-refractivity contribution < 1.29 is 19.4 Å². The maximum Gasteiger partial charge on any atom is 0.336 e. The van der Waals surface area contributed by atoms with E-state index < -0.39 is 5.97 Å². The van der Waals surface area contributed by atoms with Crippen molar-refractivity contribution in [2.75, 3.05) is 19.8 Å². The third-order valence-corrected chi connectivity index (χ3v) is 3.27. The van der Waals surface area contributed by atoms with Crippen molar-refractivity contribution in [2.24, 2.45) is 5.92 Å². The Balaban J connectivity index is 1.96. The first-order valence-corrected chi connectivity index (χ1v) is 6.21. The van der Waals surface area contributed by atoms with Crippen molar-refractivity contribution in [2.45, 2.75) is 19.8 Å². The molecule has 1 aromatic rings. The Morgan fingerprint density at radius 3 is 2.83 bits per heavy atom. The summed E-state index contributed by atoms with van der Waals surface area (Å²) in [6.07, 6.45) is 2.02. The predicted octanol–water partition coefficient (Wildman–Crippen LogP) is 2.50. The molecular formula is C14H18O4. The fourth-order valence-electron chi connectivity index (χ4n) is 2.05. The molecule has 0 radical (unpaired) electrons. The van der Waals surface area contributed by atoms with Crippen LogP contribution in [0.3, 0.4) is 0 Å². The Bertz CT molecular complexity index is 422. The standard InChI is InChI=1S/C14H18O4/c1-10-2-3-12(8-13(10)14(15)16)18-9-11-4-6-17-7-5-11/h2-3,8,11H,4-7,9H2,1H3,(H,15,16). The Morgan fingerprint density at radius 1 is 1.44 bits per heavy atom. The zero-order valence-corrected chi connectivity index (χ0v) is 10.5. The summed E-state index contributed by atoms with van der Waals surface area (Å²) in [5, 5.41) is 9.03. The first-order valence-electron chi connectivity index (χ1n) is 6.21. The van der Waals surface area contributed by atoms with E-state index >= 15 is 0 Å². The van der Waals surface area contributed by atoms with Crippen LogP contribution in [0.15, 0.2) is 18.2 Å². The average molecular weight is 250 g/mol. The zero-order valence-electron chi connectivity index (χ0n) is 10.5. The van der Waals surface area contributed by atoms with Gasteiger partial charge in [-0.15, -0.1) is 0 Å². The van der Waals surface area contributed by atoms with Crippen LogP contribution >= 0.6 is 0 Å². The topological polar surface area (TPSA) is 55.8 Å². The number of carboxylic acid groups (broad SMARTS) is 1. The van der Waals surface area contributed by atoms with Crippen LogP contribution in [0.5, 0.6) is 5.75 Å². The van der Waals surface area contributed by atoms with Crippen LogP contribution in [0.1, 0.15) is 28.8 Å². The van der Waals surface area contributed by atoms with Gasteiger partial charge in [-0.25, -0.2) is 4.79 Å². The van der Waals surface area contributed by atoms with E-state index in [1.807, 2.05) is 6.07 Å². The minimum atomic E-state index is -0.913. The number of ether oxygens (including phenoxy) is 2. The number of carbonyl (C=O) groups is 1. The molecule has 0 saturated carbocycles. The lowest BCUT2D eigenvalue weighted by atomic mass is 10.0. The molecule has 1 N–H and O–H groups in total. The van der Waals surface area contributed by atoms with Crippen LogP contribution in [0.25, 0.3) is 0 Å². The molecule has 4 heteroatoms. The highest BCUT2D eigenvalue weighted by atomic mass is 16.5. The molecule has 1 fully saturated rings. The molecular weight excluding hydrogens is 232 g/mol. The first-order chi connectivity index (χ1) is 8.66. The molecule has 0 amide bonds. The second kappa shape index (κ2) is 5.87. The van der Waals surface area contributed by atoms with Gasteiger partial charge in [0.15, 0.2) is 0 Å². The molecule has 0 bridgehead atoms. The second-order valence-corrected chi connectivity index (χ2v) is 4.65. The number of hydrogen-bond donors (Lipinski definition) is 1. The molecule has 1 aliphatic rings. The first kappa shape index (κ1) is 12.9. The lowest BCUT2D eigenvalue weighted by molar-refractivity contribution is 0.0497. The summed E-state index contributed by atoms with van der Waals surface area (Å²) in [4.78, 5) is 11.0. The number of aromatic carboxylic acids is 1. The number of benzene rings is 1. The molecule has 0 spiro atoms. The van der Waals surface area contributed by atoms with Gasteiger partial charge in [0.1, 0.15) is 5.75 Å². The van der Waals surface area contributed by atoms with Crippen molar-refractivity contribution in [3.63, 3.8) is 0 Å². The average Bonchev–Trinajstić information content (AvgIpc) is 2.38. The van der Waals surface area contributed by atoms with E-state index in [9.17, 15) is 4.79 Å². The van der Waals surface area contributed by atoms with E-state index in [1.165, 1.54) is 0 Å². The van der Waals surface area contributed by atoms with Crippen LogP contribution in [-0.4, -0.2) is 30.9 Å². The molecule has 0 unspecified atom stereocenters. The molecule has 98 valence electrons. The number of aryl methyl sites for hydroxylation is 1. The van der Waals surface area contributed by atoms with Crippen molar-refractivity contribution in [1.29, 1.82) is 0 Å². The number of hydrogen-bond acceptors (Lipinski definition) is 3. The smallest absolute Gasteiger partial charge is 0.336 e. The Labute approximate surface area is 107 Å². The highest BCUT2D eigenvalue weighted by molar-refractivity contribution is 5.89. The summed E-state index contributed by atoms with van der Waals surface area (Å²) in [5.41, 5.74) is 1.06. The summed E-state index contributed by atoms with van der Waals surface area (Å²) in [7, 11) is 0. The van der Waals surface area contributed by atoms with E-state index in [-0.39, 0.29) is 0 Å². The summed E-state index contributed by atoms with van der Waals surface area (Å²) in [6.45, 7) is 4.00. The lowest BCUT2D eigenvalue weighted by Gasteiger charge is -2.22. The van der Waals surface area contributed by atoms with Gasteiger partial charge in [-0.2, -0.15) is 0 Å². The predicted molar refractivity (Wildman–Crippen MR) is 67.2 cm³/mol. The fraction of sp³-hybridized carbons (Fsp3) is 0.500. The van der Waals surface area contributed by atoms with Gasteiger partial charge in [-0.05, 0) is 43.4 Å². The molecule has 0 aliphatic carbocycles. The Morgan fingerprint density at radius 2 is 2.17 bits per heavy atom. The largest absolute Gasteiger partial charge is 0.493 e. The third kappa shape index (κ3) is 3.23. The van der Waals surface area contributed by atoms with Gasteiger partial charge in [-0.3, -0.25) is 0 Å². The molecule has 2 rings (SSSR count). The van der Waals surface area contributed by atoms with Gasteiger partial charge >= 0.3 is 5.97 Å². The molecule has 18 heavy (non-hydrogen) atoms. The monoisotopic (exact) mass is 250 g/mol. The maximum atomic E-state index is 11.0. The maximum absolute atomic E-state index is 11.0. The molecule has 1 aromatic carbocycles. The fourth-order valence-corrected chi connectivity index (χ4v) is 2.05. The number of rotatable bonds is 4. The molecule has 1 heterocycles. The SMILES string of the molecule is Cc1ccc(OCC2CCOCC2)cc1C(=O)O. The second-order valence-electron chi connectivity index (χ2n) is 4.65. The summed E-state index contributed by atoms with van der Waals surface area (Å²) in [5.74, 6) is 0.224. The van der Waals surface area contributed by atoms with Crippen LogP contribution in [0.4, 0.5) is 0 Å². The third-order valence-electron chi connectivity index (χ3n) is 3.27. The van der Waals surface area contributed by atoms with Crippen LogP contribution < -0.4 is 4.74 Å². The van der Waals surface area contributed by atoms with Crippen LogP contribution in [0, 0.1) is 12.8 Å². The minimum absolute atomic E-state index is 0.305. The lowest BCUT2D eigenvalue weighted by Crippen LogP contribution is -2.21. The quantitative estimate of drug-likeness (QED) is 0.892. The molecule has 1 aliphatic heterocycles. The van der Waals surface area contributed by atoms with Gasteiger partial charge in [-0.1, -0.05) is 6.07 Å². The van der Waals surface area contributed by atoms with Crippen molar-refractivity contribution >= 4 is 5.97 Å². The van der Waals surface area contributed by atoms with Crippen molar-refractivity contribution in [3.05, 3.63) is 29.3 Å². The molecule has 0 atom stereocenters. The van der Waals surface area contributed by atoms with Crippen LogP contribution in [-0.2, 0) is 4.74 Å². The Hall–Kier alpha value is -1.55. The van der Waals surface area contributed by atoms with Gasteiger partial charge in [0.2, 0.25) is 0 Å². The number of carboxylic acids is 1. The van der Waals surface area contributed by atoms with E-state index in [0.29, 0.717) is 23.8 Å². The normalized spacial score (nSPS) is 16.5. The van der Waals surface area contributed by atoms with Crippen molar-refractivity contribution in [3.8, 4) is 5.75 Å². The molecule has 0 aromatic heterocycles. The zero-order chi connectivity index (χ0) is 13.0. The highest BCUT2D eigenvalue weighted by Crippen LogP contribution is 2.20. The summed E-state index contributed by atoms with van der Waals surface area (Å²) < 4.78 is 11.0. The van der Waals surface area contributed by atoms with Crippen molar-refractivity contribution in [1.82, 2.24) is 0 Å². The van der Waals surface area contributed by atoms with Gasteiger partial charge in [0.25, 0.3) is 0 Å². The highest BCUT2D eigenvalue weighted by Gasteiger charge is 2.15. The van der Waals surface area contributed by atoms with E-state index in [1.54, 1.807) is 19.1 Å². The van der Waals surface area contributed by atoms with E-state index in [2.05, 4.69) is 0 Å². The Kier molecular flexibility index (Phi) is 4.20. The van der Waals surface area contributed by atoms with Gasteiger partial charge in [0, 0.05) is 13.2 Å². The van der Waals surface area contributed by atoms with Gasteiger partial charge < -0.3 is 14.6 Å². The summed E-state index contributed by atoms with van der Waals surface area (Å²) >= 11 is 0. The minimum Gasteiger partial charge on any atom is -0.493 e.